The van der Waals surface area contributed by atoms with Crippen molar-refractivity contribution >= 4 is 27.5 Å². The normalized spacial score (nSPS) is 14.5. The summed E-state index contributed by atoms with van der Waals surface area (Å²) in [7, 11) is -3.83. The molecule has 224 valence electrons. The zero-order chi connectivity index (χ0) is 30.1. The lowest BCUT2D eigenvalue weighted by Gasteiger charge is -2.34. The molecule has 42 heavy (non-hydrogen) atoms. The summed E-state index contributed by atoms with van der Waals surface area (Å²) in [5.74, 6) is 0.552. The lowest BCUT2D eigenvalue weighted by atomic mass is 9.95. The number of ether oxygens (including phenoxy) is 1. The third-order valence-electron chi connectivity index (χ3n) is 7.56. The summed E-state index contributed by atoms with van der Waals surface area (Å²) in [4.78, 5) is 29.0. The van der Waals surface area contributed by atoms with Crippen LogP contribution in [0.5, 0.6) is 11.5 Å². The molecule has 1 N–H and O–H groups in total. The highest BCUT2D eigenvalue weighted by Gasteiger charge is 2.32. The van der Waals surface area contributed by atoms with Crippen molar-refractivity contribution in [3.8, 4) is 11.5 Å². The third-order valence-corrected chi connectivity index (χ3v) is 8.70. The van der Waals surface area contributed by atoms with Crippen LogP contribution in [0.25, 0.3) is 0 Å². The second-order valence-electron chi connectivity index (χ2n) is 11.0. The SMILES string of the molecule is CC[C@@H](C(=O)NC1CCCCC1)N(Cc1cccc(C)c1)C(=O)CN(c1ccc(Oc2ccccc2)cc1)S(C)(=O)=O. The monoisotopic (exact) mass is 591 g/mol. The lowest BCUT2D eigenvalue weighted by Crippen LogP contribution is -2.53. The van der Waals surface area contributed by atoms with Gasteiger partial charge in [-0.1, -0.05) is 74.2 Å². The van der Waals surface area contributed by atoms with Crippen molar-refractivity contribution in [3.05, 3.63) is 90.0 Å². The Bertz CT molecular complexity index is 1440. The van der Waals surface area contributed by atoms with E-state index in [1.54, 1.807) is 24.3 Å². The first-order valence-corrected chi connectivity index (χ1v) is 16.4. The Labute approximate surface area is 249 Å². The molecule has 0 heterocycles. The first kappa shape index (κ1) is 31.1. The fourth-order valence-electron chi connectivity index (χ4n) is 5.39. The second-order valence-corrected chi connectivity index (χ2v) is 12.9. The summed E-state index contributed by atoms with van der Waals surface area (Å²) in [6.07, 6.45) is 6.66. The predicted octanol–water partition coefficient (Wildman–Crippen LogP) is 5.81. The van der Waals surface area contributed by atoms with Gasteiger partial charge in [0, 0.05) is 12.6 Å². The Balaban J connectivity index is 1.58. The van der Waals surface area contributed by atoms with Gasteiger partial charge in [-0.25, -0.2) is 8.42 Å². The third kappa shape index (κ3) is 8.58. The van der Waals surface area contributed by atoms with E-state index in [1.807, 2.05) is 68.4 Å². The van der Waals surface area contributed by atoms with Gasteiger partial charge in [0.15, 0.2) is 0 Å². The quantitative estimate of drug-likeness (QED) is 0.287. The molecule has 1 aliphatic carbocycles. The molecule has 3 aromatic carbocycles. The summed E-state index contributed by atoms with van der Waals surface area (Å²) < 4.78 is 32.8. The molecule has 0 bridgehead atoms. The van der Waals surface area contributed by atoms with Crippen LogP contribution in [0.15, 0.2) is 78.9 Å². The van der Waals surface area contributed by atoms with E-state index in [-0.39, 0.29) is 18.5 Å². The van der Waals surface area contributed by atoms with E-state index in [2.05, 4.69) is 5.32 Å². The molecule has 2 amide bonds. The van der Waals surface area contributed by atoms with Gasteiger partial charge in [-0.2, -0.15) is 0 Å². The molecule has 3 aromatic rings. The van der Waals surface area contributed by atoms with Crippen LogP contribution in [-0.4, -0.2) is 50.0 Å². The average molecular weight is 592 g/mol. The molecule has 1 atom stereocenters. The van der Waals surface area contributed by atoms with Gasteiger partial charge >= 0.3 is 0 Å². The summed E-state index contributed by atoms with van der Waals surface area (Å²) in [6.45, 7) is 3.61. The van der Waals surface area contributed by atoms with Crippen molar-refractivity contribution in [1.29, 1.82) is 0 Å². The minimum Gasteiger partial charge on any atom is -0.457 e. The molecule has 0 spiro atoms. The molecule has 0 aromatic heterocycles. The minimum absolute atomic E-state index is 0.0976. The molecule has 1 fully saturated rings. The number of rotatable bonds is 12. The first-order chi connectivity index (χ1) is 20.1. The summed E-state index contributed by atoms with van der Waals surface area (Å²) in [5, 5.41) is 3.17. The van der Waals surface area contributed by atoms with Gasteiger partial charge in [0.2, 0.25) is 21.8 Å². The topological polar surface area (TPSA) is 96.0 Å². The van der Waals surface area contributed by atoms with Crippen molar-refractivity contribution in [3.63, 3.8) is 0 Å². The van der Waals surface area contributed by atoms with Gasteiger partial charge in [0.05, 0.1) is 11.9 Å². The number of nitrogens with one attached hydrogen (secondary N) is 1. The van der Waals surface area contributed by atoms with E-state index in [1.165, 1.54) is 11.3 Å². The molecule has 1 aliphatic rings. The van der Waals surface area contributed by atoms with Crippen molar-refractivity contribution < 1.29 is 22.7 Å². The van der Waals surface area contributed by atoms with E-state index < -0.39 is 28.5 Å². The Hall–Kier alpha value is -3.85. The van der Waals surface area contributed by atoms with Gasteiger partial charge in [-0.3, -0.25) is 13.9 Å². The lowest BCUT2D eigenvalue weighted by molar-refractivity contribution is -0.140. The maximum atomic E-state index is 14.0. The maximum absolute atomic E-state index is 14.0. The second kappa shape index (κ2) is 14.4. The number of hydrogen-bond acceptors (Lipinski definition) is 5. The highest BCUT2D eigenvalue weighted by molar-refractivity contribution is 7.92. The Kier molecular flexibility index (Phi) is 10.6. The molecular weight excluding hydrogens is 550 g/mol. The largest absolute Gasteiger partial charge is 0.457 e. The van der Waals surface area contributed by atoms with Gasteiger partial charge in [-0.15, -0.1) is 0 Å². The zero-order valence-electron chi connectivity index (χ0n) is 24.7. The number of nitrogens with zero attached hydrogens (tertiary/aromatic N) is 2. The van der Waals surface area contributed by atoms with Gasteiger partial charge in [0.1, 0.15) is 24.1 Å². The van der Waals surface area contributed by atoms with Crippen LogP contribution in [0.4, 0.5) is 5.69 Å². The van der Waals surface area contributed by atoms with E-state index >= 15 is 0 Å². The molecule has 0 unspecified atom stereocenters. The van der Waals surface area contributed by atoms with Gasteiger partial charge in [-0.05, 0) is 68.1 Å². The first-order valence-electron chi connectivity index (χ1n) is 14.6. The predicted molar refractivity (Wildman–Crippen MR) is 166 cm³/mol. The molecule has 1 saturated carbocycles. The maximum Gasteiger partial charge on any atom is 0.244 e. The van der Waals surface area contributed by atoms with Crippen LogP contribution in [0, 0.1) is 6.92 Å². The van der Waals surface area contributed by atoms with E-state index in [4.69, 9.17) is 4.74 Å². The minimum atomic E-state index is -3.83. The highest BCUT2D eigenvalue weighted by atomic mass is 32.2. The average Bonchev–Trinajstić information content (AvgIpc) is 2.97. The number of amides is 2. The molecule has 0 saturated heterocycles. The molecule has 9 heteroatoms. The highest BCUT2D eigenvalue weighted by Crippen LogP contribution is 2.26. The Morgan fingerprint density at radius 2 is 1.60 bits per heavy atom. The summed E-state index contributed by atoms with van der Waals surface area (Å²) >= 11 is 0. The van der Waals surface area contributed by atoms with E-state index in [9.17, 15) is 18.0 Å². The van der Waals surface area contributed by atoms with Crippen molar-refractivity contribution in [2.45, 2.75) is 71.0 Å². The molecule has 0 aliphatic heterocycles. The number of aryl methyl sites for hydroxylation is 1. The van der Waals surface area contributed by atoms with E-state index in [0.717, 1.165) is 47.4 Å². The molecule has 8 nitrogen and oxygen atoms in total. The Morgan fingerprint density at radius 3 is 2.21 bits per heavy atom. The summed E-state index contributed by atoms with van der Waals surface area (Å²) in [6, 6.07) is 23.0. The standard InChI is InChI=1S/C33H41N3O5S/c1-4-31(33(38)34-27-14-7-5-8-15-27)35(23-26-13-11-12-25(2)22-26)32(37)24-36(42(3,39)40)28-18-20-30(21-19-28)41-29-16-9-6-10-17-29/h6,9-13,16-22,27,31H,4-5,7-8,14-15,23-24H2,1-3H3,(H,34,38)/t31-/m0/s1. The number of sulfonamides is 1. The Morgan fingerprint density at radius 1 is 0.929 bits per heavy atom. The number of benzene rings is 3. The van der Waals surface area contributed by atoms with Crippen molar-refractivity contribution in [2.24, 2.45) is 0 Å². The fraction of sp³-hybridized carbons (Fsp3) is 0.394. The van der Waals surface area contributed by atoms with Crippen molar-refractivity contribution in [1.82, 2.24) is 10.2 Å². The van der Waals surface area contributed by atoms with Crippen LogP contribution >= 0.6 is 0 Å². The van der Waals surface area contributed by atoms with Crippen LogP contribution in [0.2, 0.25) is 0 Å². The molecule has 4 rings (SSSR count). The number of carbonyl (C=O) groups excluding carboxylic acids is 2. The van der Waals surface area contributed by atoms with Crippen LogP contribution < -0.4 is 14.4 Å². The molecular formula is C33H41N3O5S. The van der Waals surface area contributed by atoms with Gasteiger partial charge in [0.25, 0.3) is 0 Å². The van der Waals surface area contributed by atoms with E-state index in [0.29, 0.717) is 23.6 Å². The molecule has 0 radical (unpaired) electrons. The number of carbonyl (C=O) groups is 2. The van der Waals surface area contributed by atoms with Crippen LogP contribution in [-0.2, 0) is 26.2 Å². The smallest absolute Gasteiger partial charge is 0.244 e. The zero-order valence-corrected chi connectivity index (χ0v) is 25.5. The van der Waals surface area contributed by atoms with Crippen LogP contribution in [0.1, 0.15) is 56.6 Å². The number of hydrogen-bond donors (Lipinski definition) is 1. The number of anilines is 1. The number of para-hydroxylation sites is 1. The van der Waals surface area contributed by atoms with Crippen LogP contribution in [0.3, 0.4) is 0 Å². The van der Waals surface area contributed by atoms with Crippen molar-refractivity contribution in [2.75, 3.05) is 17.1 Å². The van der Waals surface area contributed by atoms with Gasteiger partial charge < -0.3 is 15.0 Å². The fourth-order valence-corrected chi connectivity index (χ4v) is 6.24. The summed E-state index contributed by atoms with van der Waals surface area (Å²) in [5.41, 5.74) is 2.25.